The molecule has 26 heavy (non-hydrogen) atoms. The van der Waals surface area contributed by atoms with Gasteiger partial charge in [0.2, 0.25) is 0 Å². The molecule has 4 nitrogen and oxygen atoms in total. The largest absolute Gasteiger partial charge is 0.416 e. The molecule has 1 aliphatic heterocycles. The highest BCUT2D eigenvalue weighted by Gasteiger charge is 2.32. The van der Waals surface area contributed by atoms with Crippen molar-refractivity contribution in [1.82, 2.24) is 10.2 Å². The molecule has 0 spiro atoms. The van der Waals surface area contributed by atoms with E-state index in [2.05, 4.69) is 10.2 Å². The molecule has 1 aromatic carbocycles. The number of hydrogen-bond acceptors (Lipinski definition) is 4. The van der Waals surface area contributed by atoms with Crippen LogP contribution in [0.15, 0.2) is 47.0 Å². The Morgan fingerprint density at radius 1 is 1.35 bits per heavy atom. The number of allylic oxidation sites excluding steroid dienone is 3. The Bertz CT molecular complexity index is 802. The first-order valence-electron chi connectivity index (χ1n) is 8.04. The van der Waals surface area contributed by atoms with Crippen LogP contribution in [-0.2, 0) is 11.0 Å². The summed E-state index contributed by atoms with van der Waals surface area (Å²) < 4.78 is 38.2. The van der Waals surface area contributed by atoms with Crippen LogP contribution in [0.2, 0.25) is 0 Å². The predicted molar refractivity (Wildman–Crippen MR) is 93.3 cm³/mol. The van der Waals surface area contributed by atoms with Crippen molar-refractivity contribution in [2.24, 2.45) is 0 Å². The Labute approximate surface area is 153 Å². The fourth-order valence-corrected chi connectivity index (χ4v) is 4.28. The van der Waals surface area contributed by atoms with E-state index in [1.54, 1.807) is 23.9 Å². The smallest absolute Gasteiger partial charge is 0.362 e. The monoisotopic (exact) mass is 382 g/mol. The van der Waals surface area contributed by atoms with Crippen molar-refractivity contribution >= 4 is 23.5 Å². The van der Waals surface area contributed by atoms with E-state index >= 15 is 0 Å². The summed E-state index contributed by atoms with van der Waals surface area (Å²) in [5.41, 5.74) is 0.159. The normalized spacial score (nSPS) is 19.8. The van der Waals surface area contributed by atoms with E-state index in [1.807, 2.05) is 7.05 Å². The van der Waals surface area contributed by atoms with Crippen LogP contribution in [0.5, 0.6) is 0 Å². The third kappa shape index (κ3) is 3.95. The van der Waals surface area contributed by atoms with Gasteiger partial charge in [0.25, 0.3) is 5.91 Å². The van der Waals surface area contributed by atoms with Crippen molar-refractivity contribution in [3.63, 3.8) is 0 Å². The molecule has 1 heterocycles. The summed E-state index contributed by atoms with van der Waals surface area (Å²) in [6.45, 7) is 0.329. The first kappa shape index (κ1) is 18.6. The van der Waals surface area contributed by atoms with Gasteiger partial charge in [0.1, 0.15) is 0 Å². The zero-order valence-electron chi connectivity index (χ0n) is 14.0. The Balaban J connectivity index is 1.54. The number of halogens is 3. The first-order chi connectivity index (χ1) is 12.3. The van der Waals surface area contributed by atoms with E-state index in [4.69, 9.17) is 0 Å². The number of thioether (sulfide) groups is 1. The first-order valence-corrected chi connectivity index (χ1v) is 8.92. The number of hydrogen-bond donors (Lipinski definition) is 1. The number of benzene rings is 1. The maximum absolute atomic E-state index is 12.7. The minimum atomic E-state index is -4.48. The van der Waals surface area contributed by atoms with E-state index < -0.39 is 17.6 Å². The molecule has 3 rings (SSSR count). The zero-order chi connectivity index (χ0) is 18.9. The summed E-state index contributed by atoms with van der Waals surface area (Å²) in [5, 5.41) is 2.75. The van der Waals surface area contributed by atoms with E-state index in [0.717, 1.165) is 22.7 Å². The molecule has 138 valence electrons. The molecule has 1 unspecified atom stereocenters. The fraction of sp³-hybridized carbons (Fsp3) is 0.333. The number of rotatable bonds is 4. The fourth-order valence-electron chi connectivity index (χ4n) is 2.89. The lowest BCUT2D eigenvalue weighted by molar-refractivity contribution is -0.137. The quantitative estimate of drug-likeness (QED) is 0.865. The molecule has 0 radical (unpaired) electrons. The van der Waals surface area contributed by atoms with Gasteiger partial charge in [0.15, 0.2) is 5.78 Å². The molecule has 0 aromatic heterocycles. The second-order valence-electron chi connectivity index (χ2n) is 6.09. The average molecular weight is 382 g/mol. The van der Waals surface area contributed by atoms with Gasteiger partial charge in [-0.25, -0.2) is 0 Å². The number of nitrogens with zero attached hydrogens (tertiary/aromatic N) is 1. The van der Waals surface area contributed by atoms with Crippen LogP contribution in [0.25, 0.3) is 0 Å². The number of nitrogens with one attached hydrogen (secondary N) is 1. The summed E-state index contributed by atoms with van der Waals surface area (Å²) in [6.07, 6.45) is -0.104. The Kier molecular flexibility index (Phi) is 5.13. The van der Waals surface area contributed by atoms with Crippen LogP contribution in [0.1, 0.15) is 28.8 Å². The number of carbonyl (C=O) groups excluding carboxylic acids is 2. The molecule has 0 bridgehead atoms. The van der Waals surface area contributed by atoms with Crippen molar-refractivity contribution in [1.29, 1.82) is 0 Å². The van der Waals surface area contributed by atoms with Crippen molar-refractivity contribution in [2.75, 3.05) is 13.6 Å². The zero-order valence-corrected chi connectivity index (χ0v) is 14.8. The van der Waals surface area contributed by atoms with E-state index in [0.29, 0.717) is 19.4 Å². The van der Waals surface area contributed by atoms with Gasteiger partial charge in [0, 0.05) is 36.2 Å². The van der Waals surface area contributed by atoms with Crippen LogP contribution in [0.4, 0.5) is 13.2 Å². The summed E-state index contributed by atoms with van der Waals surface area (Å²) in [5.74, 6) is -0.460. The molecule has 1 aliphatic carbocycles. The van der Waals surface area contributed by atoms with Crippen LogP contribution < -0.4 is 5.32 Å². The van der Waals surface area contributed by atoms with Crippen LogP contribution in [0.3, 0.4) is 0 Å². The third-order valence-electron chi connectivity index (χ3n) is 4.27. The van der Waals surface area contributed by atoms with E-state index in [1.165, 1.54) is 12.1 Å². The minimum absolute atomic E-state index is 0.0156. The highest BCUT2D eigenvalue weighted by molar-refractivity contribution is 8.03. The van der Waals surface area contributed by atoms with Gasteiger partial charge >= 0.3 is 6.18 Å². The van der Waals surface area contributed by atoms with Crippen LogP contribution in [0, 0.1) is 0 Å². The van der Waals surface area contributed by atoms with Gasteiger partial charge in [-0.05, 0) is 36.8 Å². The summed E-state index contributed by atoms with van der Waals surface area (Å²) in [6, 6.07) is 4.37. The Hall–Kier alpha value is -2.22. The number of ketones is 1. The highest BCUT2D eigenvalue weighted by Crippen LogP contribution is 2.42. The molecular formula is C18H17F3N2O2S. The molecule has 0 saturated heterocycles. The summed E-state index contributed by atoms with van der Waals surface area (Å²) >= 11 is 1.59. The lowest BCUT2D eigenvalue weighted by Crippen LogP contribution is -2.31. The highest BCUT2D eigenvalue weighted by atomic mass is 32.2. The standard InChI is InChI=1S/C18H17F3N2O2S/c1-23-14-6-5-13(24)10-15(14)26-16(23)7-8-22-17(25)11-3-2-4-12(9-11)18(19,20)21/h2-6,9,16H,7-8,10H2,1H3,(H,22,25). The van der Waals surface area contributed by atoms with Gasteiger partial charge < -0.3 is 10.2 Å². The van der Waals surface area contributed by atoms with Crippen molar-refractivity contribution in [2.45, 2.75) is 24.4 Å². The Morgan fingerprint density at radius 2 is 2.12 bits per heavy atom. The number of amides is 1. The van der Waals surface area contributed by atoms with Gasteiger partial charge in [-0.3, -0.25) is 9.59 Å². The van der Waals surface area contributed by atoms with Gasteiger partial charge in [-0.1, -0.05) is 6.07 Å². The SMILES string of the molecule is CN1C2=C(CC(=O)C=C2)SC1CCNC(=O)c1cccc(C(F)(F)F)c1. The van der Waals surface area contributed by atoms with Crippen LogP contribution in [-0.4, -0.2) is 35.6 Å². The number of alkyl halides is 3. The third-order valence-corrected chi connectivity index (χ3v) is 5.73. The second-order valence-corrected chi connectivity index (χ2v) is 7.36. The predicted octanol–water partition coefficient (Wildman–Crippen LogP) is 3.57. The van der Waals surface area contributed by atoms with Crippen LogP contribution >= 0.6 is 11.8 Å². The molecule has 1 N–H and O–H groups in total. The molecule has 1 aromatic rings. The van der Waals surface area contributed by atoms with Gasteiger partial charge in [0.05, 0.1) is 10.9 Å². The Morgan fingerprint density at radius 3 is 2.85 bits per heavy atom. The lowest BCUT2D eigenvalue weighted by atomic mass is 10.1. The van der Waals surface area contributed by atoms with E-state index in [-0.39, 0.29) is 16.7 Å². The van der Waals surface area contributed by atoms with E-state index in [9.17, 15) is 22.8 Å². The van der Waals surface area contributed by atoms with Gasteiger partial charge in [-0.2, -0.15) is 13.2 Å². The van der Waals surface area contributed by atoms with Crippen molar-refractivity contribution in [3.05, 3.63) is 58.1 Å². The molecule has 1 amide bonds. The lowest BCUT2D eigenvalue weighted by Gasteiger charge is -2.23. The minimum Gasteiger partial charge on any atom is -0.362 e. The van der Waals surface area contributed by atoms with Crippen molar-refractivity contribution in [3.8, 4) is 0 Å². The number of likely N-dealkylation sites (N-methyl/N-ethyl adjacent to an activating group) is 1. The topological polar surface area (TPSA) is 49.4 Å². The molecule has 0 saturated carbocycles. The maximum Gasteiger partial charge on any atom is 0.416 e. The average Bonchev–Trinajstić information content (AvgIpc) is 2.89. The second kappa shape index (κ2) is 7.19. The molecule has 2 aliphatic rings. The molecule has 8 heteroatoms. The molecule has 1 atom stereocenters. The molecular weight excluding hydrogens is 365 g/mol. The van der Waals surface area contributed by atoms with Crippen molar-refractivity contribution < 1.29 is 22.8 Å². The summed E-state index contributed by atoms with van der Waals surface area (Å²) in [4.78, 5) is 26.7. The number of carbonyl (C=O) groups is 2. The molecule has 0 fully saturated rings. The summed E-state index contributed by atoms with van der Waals surface area (Å²) in [7, 11) is 1.93. The van der Waals surface area contributed by atoms with Gasteiger partial charge in [-0.15, -0.1) is 11.8 Å². The maximum atomic E-state index is 12.7.